The normalized spacial score (nSPS) is 10.2. The second-order valence-corrected chi connectivity index (χ2v) is 5.22. The summed E-state index contributed by atoms with van der Waals surface area (Å²) in [4.78, 5) is 24.8. The third-order valence-electron chi connectivity index (χ3n) is 2.75. The quantitative estimate of drug-likeness (QED) is 0.819. The van der Waals surface area contributed by atoms with Crippen LogP contribution in [-0.2, 0) is 9.59 Å². The second kappa shape index (κ2) is 8.12. The third-order valence-corrected chi connectivity index (χ3v) is 3.49. The third kappa shape index (κ3) is 5.02. The SMILES string of the molecule is CCCCNC(=O)CN(C(C)=O)c1ccc(Cl)c(Cl)c1. The molecule has 0 spiro atoms. The van der Waals surface area contributed by atoms with Crippen LogP contribution < -0.4 is 10.2 Å². The Morgan fingerprint density at radius 1 is 1.25 bits per heavy atom. The number of benzene rings is 1. The Morgan fingerprint density at radius 3 is 2.50 bits per heavy atom. The van der Waals surface area contributed by atoms with E-state index in [9.17, 15) is 9.59 Å². The number of amides is 2. The van der Waals surface area contributed by atoms with Gasteiger partial charge in [-0.3, -0.25) is 9.59 Å². The number of nitrogens with zero attached hydrogens (tertiary/aromatic N) is 1. The zero-order valence-corrected chi connectivity index (χ0v) is 13.1. The van der Waals surface area contributed by atoms with Crippen molar-refractivity contribution in [3.8, 4) is 0 Å². The summed E-state index contributed by atoms with van der Waals surface area (Å²) >= 11 is 11.8. The molecule has 0 aromatic heterocycles. The lowest BCUT2D eigenvalue weighted by atomic mass is 10.2. The molecule has 20 heavy (non-hydrogen) atoms. The maximum Gasteiger partial charge on any atom is 0.240 e. The van der Waals surface area contributed by atoms with Crippen LogP contribution in [0.1, 0.15) is 26.7 Å². The fourth-order valence-corrected chi connectivity index (χ4v) is 1.93. The van der Waals surface area contributed by atoms with Gasteiger partial charge in [0.1, 0.15) is 6.54 Å². The van der Waals surface area contributed by atoms with E-state index < -0.39 is 0 Å². The van der Waals surface area contributed by atoms with Crippen molar-refractivity contribution in [3.63, 3.8) is 0 Å². The van der Waals surface area contributed by atoms with Crippen LogP contribution in [0.15, 0.2) is 18.2 Å². The first-order valence-corrected chi connectivity index (χ1v) is 7.21. The smallest absolute Gasteiger partial charge is 0.240 e. The summed E-state index contributed by atoms with van der Waals surface area (Å²) in [6.07, 6.45) is 1.92. The molecule has 0 heterocycles. The second-order valence-electron chi connectivity index (χ2n) is 4.41. The first-order valence-electron chi connectivity index (χ1n) is 6.45. The summed E-state index contributed by atoms with van der Waals surface area (Å²) in [6.45, 7) is 4.03. The van der Waals surface area contributed by atoms with Gasteiger partial charge in [-0.15, -0.1) is 0 Å². The number of hydrogen-bond acceptors (Lipinski definition) is 2. The molecule has 0 atom stereocenters. The van der Waals surface area contributed by atoms with Crippen LogP contribution >= 0.6 is 23.2 Å². The number of halogens is 2. The van der Waals surface area contributed by atoms with Gasteiger partial charge in [0.05, 0.1) is 10.0 Å². The van der Waals surface area contributed by atoms with Crippen LogP contribution in [0, 0.1) is 0 Å². The Kier molecular flexibility index (Phi) is 6.82. The minimum Gasteiger partial charge on any atom is -0.355 e. The van der Waals surface area contributed by atoms with E-state index in [2.05, 4.69) is 5.32 Å². The average molecular weight is 317 g/mol. The van der Waals surface area contributed by atoms with E-state index in [-0.39, 0.29) is 18.4 Å². The Morgan fingerprint density at radius 2 is 1.95 bits per heavy atom. The first kappa shape index (κ1) is 16.8. The van der Waals surface area contributed by atoms with Crippen LogP contribution in [0.4, 0.5) is 5.69 Å². The van der Waals surface area contributed by atoms with E-state index in [0.29, 0.717) is 22.3 Å². The van der Waals surface area contributed by atoms with Crippen LogP contribution in [0.5, 0.6) is 0 Å². The van der Waals surface area contributed by atoms with Gasteiger partial charge in [0.2, 0.25) is 11.8 Å². The standard InChI is InChI=1S/C14H18Cl2N2O2/c1-3-4-7-17-14(20)9-18(10(2)19)11-5-6-12(15)13(16)8-11/h5-6,8H,3-4,7,9H2,1-2H3,(H,17,20). The molecular weight excluding hydrogens is 299 g/mol. The van der Waals surface area contributed by atoms with E-state index >= 15 is 0 Å². The number of nitrogens with one attached hydrogen (secondary N) is 1. The van der Waals surface area contributed by atoms with Crippen molar-refractivity contribution in [2.75, 3.05) is 18.0 Å². The fraction of sp³-hybridized carbons (Fsp3) is 0.429. The van der Waals surface area contributed by atoms with Gasteiger partial charge in [-0.05, 0) is 24.6 Å². The molecule has 0 bridgehead atoms. The summed E-state index contributed by atoms with van der Waals surface area (Å²) < 4.78 is 0. The molecule has 0 radical (unpaired) electrons. The van der Waals surface area contributed by atoms with Crippen molar-refractivity contribution in [1.29, 1.82) is 0 Å². The molecule has 6 heteroatoms. The predicted octanol–water partition coefficient (Wildman–Crippen LogP) is 3.26. The van der Waals surface area contributed by atoms with E-state index in [1.54, 1.807) is 18.2 Å². The largest absolute Gasteiger partial charge is 0.355 e. The Hall–Kier alpha value is -1.26. The first-order chi connectivity index (χ1) is 9.45. The van der Waals surface area contributed by atoms with E-state index in [1.807, 2.05) is 6.92 Å². The average Bonchev–Trinajstić information content (AvgIpc) is 2.39. The van der Waals surface area contributed by atoms with Gasteiger partial charge in [0, 0.05) is 19.2 Å². The molecule has 0 fully saturated rings. The Labute approximate surface area is 129 Å². The van der Waals surface area contributed by atoms with Crippen molar-refractivity contribution in [2.45, 2.75) is 26.7 Å². The van der Waals surface area contributed by atoms with Gasteiger partial charge >= 0.3 is 0 Å². The van der Waals surface area contributed by atoms with Gasteiger partial charge in [-0.2, -0.15) is 0 Å². The molecule has 4 nitrogen and oxygen atoms in total. The number of hydrogen-bond donors (Lipinski definition) is 1. The number of unbranched alkanes of at least 4 members (excludes halogenated alkanes) is 1. The summed E-state index contributed by atoms with van der Waals surface area (Å²) in [5.74, 6) is -0.422. The van der Waals surface area contributed by atoms with Crippen LogP contribution in [0.3, 0.4) is 0 Å². The number of carbonyl (C=O) groups is 2. The minimum absolute atomic E-state index is 0.0307. The maximum atomic E-state index is 11.8. The molecular formula is C14H18Cl2N2O2. The molecule has 0 aliphatic rings. The highest BCUT2D eigenvalue weighted by molar-refractivity contribution is 6.42. The van der Waals surface area contributed by atoms with Crippen molar-refractivity contribution >= 4 is 40.7 Å². The number of carbonyl (C=O) groups excluding carboxylic acids is 2. The lowest BCUT2D eigenvalue weighted by Crippen LogP contribution is -2.40. The van der Waals surface area contributed by atoms with Crippen molar-refractivity contribution in [3.05, 3.63) is 28.2 Å². The summed E-state index contributed by atoms with van der Waals surface area (Å²) in [5, 5.41) is 3.53. The van der Waals surface area contributed by atoms with E-state index in [4.69, 9.17) is 23.2 Å². The number of rotatable bonds is 6. The Bertz CT molecular complexity index is 492. The molecule has 0 saturated heterocycles. The van der Waals surface area contributed by atoms with Gasteiger partial charge in [-0.25, -0.2) is 0 Å². The summed E-state index contributed by atoms with van der Waals surface area (Å²) in [5.41, 5.74) is 0.553. The monoisotopic (exact) mass is 316 g/mol. The lowest BCUT2D eigenvalue weighted by molar-refractivity contribution is -0.123. The van der Waals surface area contributed by atoms with Crippen LogP contribution in [-0.4, -0.2) is 24.9 Å². The predicted molar refractivity (Wildman–Crippen MR) is 82.4 cm³/mol. The molecule has 0 saturated carbocycles. The maximum absolute atomic E-state index is 11.8. The summed E-state index contributed by atoms with van der Waals surface area (Å²) in [6, 6.07) is 4.84. The van der Waals surface area contributed by atoms with Crippen molar-refractivity contribution < 1.29 is 9.59 Å². The molecule has 2 amide bonds. The van der Waals surface area contributed by atoms with Crippen molar-refractivity contribution in [2.24, 2.45) is 0 Å². The van der Waals surface area contributed by atoms with Gasteiger partial charge in [0.25, 0.3) is 0 Å². The number of anilines is 1. The molecule has 1 aromatic rings. The van der Waals surface area contributed by atoms with Gasteiger partial charge in [-0.1, -0.05) is 36.5 Å². The highest BCUT2D eigenvalue weighted by atomic mass is 35.5. The topological polar surface area (TPSA) is 49.4 Å². The molecule has 0 unspecified atom stereocenters. The zero-order valence-electron chi connectivity index (χ0n) is 11.6. The highest BCUT2D eigenvalue weighted by Crippen LogP contribution is 2.27. The van der Waals surface area contributed by atoms with Crippen LogP contribution in [0.2, 0.25) is 10.0 Å². The molecule has 0 aliphatic carbocycles. The zero-order chi connectivity index (χ0) is 15.1. The highest BCUT2D eigenvalue weighted by Gasteiger charge is 2.16. The van der Waals surface area contributed by atoms with Crippen molar-refractivity contribution in [1.82, 2.24) is 5.32 Å². The van der Waals surface area contributed by atoms with Gasteiger partial charge < -0.3 is 10.2 Å². The summed E-state index contributed by atoms with van der Waals surface area (Å²) in [7, 11) is 0. The van der Waals surface area contributed by atoms with Crippen LogP contribution in [0.25, 0.3) is 0 Å². The fourth-order valence-electron chi connectivity index (χ4n) is 1.64. The molecule has 0 aliphatic heterocycles. The van der Waals surface area contributed by atoms with E-state index in [0.717, 1.165) is 12.8 Å². The van der Waals surface area contributed by atoms with E-state index in [1.165, 1.54) is 11.8 Å². The molecule has 110 valence electrons. The van der Waals surface area contributed by atoms with Gasteiger partial charge in [0.15, 0.2) is 0 Å². The Balaban J connectivity index is 2.76. The molecule has 1 rings (SSSR count). The lowest BCUT2D eigenvalue weighted by Gasteiger charge is -2.21. The molecule has 1 N–H and O–H groups in total. The minimum atomic E-state index is -0.228. The molecule has 1 aromatic carbocycles.